The van der Waals surface area contributed by atoms with Gasteiger partial charge in [0.2, 0.25) is 0 Å². The van der Waals surface area contributed by atoms with Crippen LogP contribution >= 0.6 is 35.6 Å². The Morgan fingerprint density at radius 3 is 2.35 bits per heavy atom. The van der Waals surface area contributed by atoms with E-state index in [2.05, 4.69) is 0 Å². The van der Waals surface area contributed by atoms with E-state index in [1.165, 1.54) is 12.1 Å². The zero-order valence-electron chi connectivity index (χ0n) is 8.60. The van der Waals surface area contributed by atoms with Crippen LogP contribution in [0.3, 0.4) is 0 Å². The summed E-state index contributed by atoms with van der Waals surface area (Å²) in [6.45, 7) is 0. The Morgan fingerprint density at radius 1 is 1.24 bits per heavy atom. The van der Waals surface area contributed by atoms with Crippen LogP contribution in [0.5, 0.6) is 0 Å². The van der Waals surface area contributed by atoms with E-state index in [1.807, 2.05) is 0 Å². The fourth-order valence-electron chi connectivity index (χ4n) is 1.27. The lowest BCUT2D eigenvalue weighted by Crippen LogP contribution is -2.16. The minimum absolute atomic E-state index is 0. The summed E-state index contributed by atoms with van der Waals surface area (Å²) in [5, 5.41) is 0.737. The molecule has 1 aromatic carbocycles. The number of hydrogen-bond donors (Lipinski definition) is 1. The van der Waals surface area contributed by atoms with Gasteiger partial charge in [-0.1, -0.05) is 23.2 Å². The molecule has 0 aliphatic carbocycles. The number of alkyl halides is 3. The SMILES string of the molecule is Cl.N[C@H](CCC(F)(F)F)c1cc(Cl)ccc1Cl. The van der Waals surface area contributed by atoms with Gasteiger partial charge < -0.3 is 5.73 Å². The largest absolute Gasteiger partial charge is 0.389 e. The van der Waals surface area contributed by atoms with E-state index in [0.717, 1.165) is 0 Å². The third-order valence-electron chi connectivity index (χ3n) is 2.10. The van der Waals surface area contributed by atoms with E-state index in [4.69, 9.17) is 28.9 Å². The van der Waals surface area contributed by atoms with Crippen molar-refractivity contribution in [2.45, 2.75) is 25.1 Å². The van der Waals surface area contributed by atoms with Crippen LogP contribution in [0.2, 0.25) is 10.0 Å². The molecule has 1 atom stereocenters. The van der Waals surface area contributed by atoms with Crippen molar-refractivity contribution in [3.05, 3.63) is 33.8 Å². The topological polar surface area (TPSA) is 26.0 Å². The van der Waals surface area contributed by atoms with Crippen LogP contribution < -0.4 is 5.73 Å². The predicted molar refractivity (Wildman–Crippen MR) is 65.9 cm³/mol. The Kier molecular flexibility index (Phi) is 6.62. The molecule has 0 spiro atoms. The van der Waals surface area contributed by atoms with Crippen molar-refractivity contribution in [1.82, 2.24) is 0 Å². The fraction of sp³-hybridized carbons (Fsp3) is 0.400. The third kappa shape index (κ3) is 5.82. The number of rotatable bonds is 3. The average molecular weight is 309 g/mol. The van der Waals surface area contributed by atoms with Crippen molar-refractivity contribution in [1.29, 1.82) is 0 Å². The third-order valence-corrected chi connectivity index (χ3v) is 2.68. The van der Waals surface area contributed by atoms with Gasteiger partial charge in [0.25, 0.3) is 0 Å². The number of benzene rings is 1. The zero-order chi connectivity index (χ0) is 12.3. The second kappa shape index (κ2) is 6.69. The van der Waals surface area contributed by atoms with Gasteiger partial charge in [-0.05, 0) is 30.2 Å². The van der Waals surface area contributed by atoms with Crippen molar-refractivity contribution in [2.75, 3.05) is 0 Å². The maximum absolute atomic E-state index is 12.0. The van der Waals surface area contributed by atoms with Gasteiger partial charge in [0.05, 0.1) is 0 Å². The highest BCUT2D eigenvalue weighted by atomic mass is 35.5. The van der Waals surface area contributed by atoms with Crippen LogP contribution in [0.4, 0.5) is 13.2 Å². The minimum Gasteiger partial charge on any atom is -0.324 e. The first-order valence-electron chi connectivity index (χ1n) is 4.57. The standard InChI is InChI=1S/C10H10Cl2F3N.ClH/c11-6-1-2-8(12)7(5-6)9(16)3-4-10(13,14)15;/h1-2,5,9H,3-4,16H2;1H/t9-;/m1./s1. The second-order valence-corrected chi connectivity index (χ2v) is 4.27. The van der Waals surface area contributed by atoms with E-state index >= 15 is 0 Å². The summed E-state index contributed by atoms with van der Waals surface area (Å²) in [7, 11) is 0. The molecular formula is C10H11Cl3F3N. The molecule has 0 bridgehead atoms. The van der Waals surface area contributed by atoms with Crippen LogP contribution in [-0.2, 0) is 0 Å². The molecule has 0 aliphatic rings. The first kappa shape index (κ1) is 16.8. The van der Waals surface area contributed by atoms with Gasteiger partial charge in [-0.2, -0.15) is 13.2 Å². The molecule has 17 heavy (non-hydrogen) atoms. The summed E-state index contributed by atoms with van der Waals surface area (Å²) >= 11 is 11.5. The van der Waals surface area contributed by atoms with E-state index < -0.39 is 18.6 Å². The molecule has 1 nitrogen and oxygen atoms in total. The molecule has 0 aromatic heterocycles. The summed E-state index contributed by atoms with van der Waals surface area (Å²) in [5.41, 5.74) is 6.07. The molecule has 0 saturated heterocycles. The van der Waals surface area contributed by atoms with Crippen LogP contribution in [0, 0.1) is 0 Å². The van der Waals surface area contributed by atoms with Crippen molar-refractivity contribution < 1.29 is 13.2 Å². The maximum Gasteiger partial charge on any atom is 0.389 e. The van der Waals surface area contributed by atoms with Gasteiger partial charge in [0.1, 0.15) is 0 Å². The normalized spacial score (nSPS) is 13.1. The smallest absolute Gasteiger partial charge is 0.324 e. The molecule has 0 unspecified atom stereocenters. The molecule has 0 heterocycles. The van der Waals surface area contributed by atoms with Gasteiger partial charge in [0.15, 0.2) is 0 Å². The quantitative estimate of drug-likeness (QED) is 0.856. The summed E-state index contributed by atoms with van der Waals surface area (Å²) in [5.74, 6) is 0. The fourth-order valence-corrected chi connectivity index (χ4v) is 1.71. The molecule has 0 fully saturated rings. The van der Waals surface area contributed by atoms with Crippen LogP contribution in [0.15, 0.2) is 18.2 Å². The molecule has 7 heteroatoms. The Balaban J connectivity index is 0.00000256. The maximum atomic E-state index is 12.0. The van der Waals surface area contributed by atoms with Gasteiger partial charge in [-0.3, -0.25) is 0 Å². The molecule has 1 rings (SSSR count). The van der Waals surface area contributed by atoms with Crippen molar-refractivity contribution in [3.8, 4) is 0 Å². The Labute approximate surface area is 113 Å². The lowest BCUT2D eigenvalue weighted by molar-refractivity contribution is -0.136. The van der Waals surface area contributed by atoms with Crippen molar-refractivity contribution >= 4 is 35.6 Å². The monoisotopic (exact) mass is 307 g/mol. The lowest BCUT2D eigenvalue weighted by Gasteiger charge is -2.15. The predicted octanol–water partition coefficient (Wildman–Crippen LogP) is 4.76. The number of halogens is 6. The average Bonchev–Trinajstić information content (AvgIpc) is 2.17. The highest BCUT2D eigenvalue weighted by Gasteiger charge is 2.28. The molecular weight excluding hydrogens is 297 g/mol. The van der Waals surface area contributed by atoms with Crippen LogP contribution in [0.1, 0.15) is 24.4 Å². The molecule has 2 N–H and O–H groups in total. The summed E-state index contributed by atoms with van der Waals surface area (Å²) in [4.78, 5) is 0. The van der Waals surface area contributed by atoms with Crippen LogP contribution in [0.25, 0.3) is 0 Å². The molecule has 0 saturated carbocycles. The highest BCUT2D eigenvalue weighted by molar-refractivity contribution is 6.33. The molecule has 0 amide bonds. The van der Waals surface area contributed by atoms with E-state index in [1.54, 1.807) is 6.07 Å². The lowest BCUT2D eigenvalue weighted by atomic mass is 10.0. The van der Waals surface area contributed by atoms with E-state index in [-0.39, 0.29) is 18.8 Å². The first-order chi connectivity index (χ1) is 7.29. The summed E-state index contributed by atoms with van der Waals surface area (Å²) in [6, 6.07) is 3.81. The summed E-state index contributed by atoms with van der Waals surface area (Å²) in [6.07, 6.45) is -5.34. The molecule has 0 aliphatic heterocycles. The molecule has 98 valence electrons. The van der Waals surface area contributed by atoms with Gasteiger partial charge >= 0.3 is 6.18 Å². The molecule has 0 radical (unpaired) electrons. The number of hydrogen-bond acceptors (Lipinski definition) is 1. The Bertz CT molecular complexity index is 368. The Morgan fingerprint density at radius 2 is 1.82 bits per heavy atom. The zero-order valence-corrected chi connectivity index (χ0v) is 10.9. The van der Waals surface area contributed by atoms with E-state index in [0.29, 0.717) is 15.6 Å². The first-order valence-corrected chi connectivity index (χ1v) is 5.32. The van der Waals surface area contributed by atoms with Gasteiger partial charge in [-0.15, -0.1) is 12.4 Å². The highest BCUT2D eigenvalue weighted by Crippen LogP contribution is 2.30. The van der Waals surface area contributed by atoms with Crippen molar-refractivity contribution in [2.24, 2.45) is 5.73 Å². The Hall–Kier alpha value is -0.160. The van der Waals surface area contributed by atoms with Gasteiger partial charge in [-0.25, -0.2) is 0 Å². The van der Waals surface area contributed by atoms with Crippen LogP contribution in [-0.4, -0.2) is 6.18 Å². The number of nitrogens with two attached hydrogens (primary N) is 1. The minimum atomic E-state index is -4.21. The van der Waals surface area contributed by atoms with E-state index in [9.17, 15) is 13.2 Å². The summed E-state index contributed by atoms with van der Waals surface area (Å²) < 4.78 is 36.0. The molecule has 1 aromatic rings. The van der Waals surface area contributed by atoms with Gasteiger partial charge in [0, 0.05) is 22.5 Å². The van der Waals surface area contributed by atoms with Crippen molar-refractivity contribution in [3.63, 3.8) is 0 Å². The second-order valence-electron chi connectivity index (χ2n) is 3.43.